The van der Waals surface area contributed by atoms with Crippen molar-refractivity contribution in [3.05, 3.63) is 45.2 Å². The largest absolute Gasteiger partial charge is 0.494 e. The van der Waals surface area contributed by atoms with Gasteiger partial charge in [0.15, 0.2) is 4.77 Å². The van der Waals surface area contributed by atoms with E-state index >= 15 is 0 Å². The van der Waals surface area contributed by atoms with Gasteiger partial charge in [-0.25, -0.2) is 4.39 Å². The molecule has 0 bridgehead atoms. The lowest BCUT2D eigenvalue weighted by Crippen LogP contribution is -2.11. The number of aromatic hydroxyl groups is 1. The van der Waals surface area contributed by atoms with Crippen LogP contribution in [0.25, 0.3) is 11.1 Å². The number of hydrogen-bond donors (Lipinski definition) is 3. The van der Waals surface area contributed by atoms with Gasteiger partial charge in [0.05, 0.1) is 0 Å². The summed E-state index contributed by atoms with van der Waals surface area (Å²) in [6.45, 7) is 0. The van der Waals surface area contributed by atoms with E-state index in [9.17, 15) is 14.3 Å². The van der Waals surface area contributed by atoms with E-state index in [0.717, 1.165) is 0 Å². The van der Waals surface area contributed by atoms with Crippen LogP contribution in [0.2, 0.25) is 0 Å². The summed E-state index contributed by atoms with van der Waals surface area (Å²) in [5, 5.41) is 9.54. The van der Waals surface area contributed by atoms with Gasteiger partial charge in [0.1, 0.15) is 11.4 Å². The predicted octanol–water partition coefficient (Wildman–Crippen LogP) is 1.94. The Kier molecular flexibility index (Phi) is 2.57. The van der Waals surface area contributed by atoms with Crippen LogP contribution in [0, 0.1) is 10.6 Å². The summed E-state index contributed by atoms with van der Waals surface area (Å²) < 4.78 is 13.4. The molecule has 0 atom stereocenters. The van der Waals surface area contributed by atoms with Crippen LogP contribution in [0.15, 0.2) is 29.1 Å². The summed E-state index contributed by atoms with van der Waals surface area (Å²) in [5.74, 6) is -1.03. The first-order valence-corrected chi connectivity index (χ1v) is 4.81. The standard InChI is InChI=1S/C10H7FN2O2S/c11-6-4-2-1-3-5(6)7-8(14)12-10(16)13-9(7)15/h1-4H,(H3,12,13,14,15,16). The predicted molar refractivity (Wildman–Crippen MR) is 59.3 cm³/mol. The molecule has 2 aromatic rings. The smallest absolute Gasteiger partial charge is 0.263 e. The molecule has 0 aliphatic carbocycles. The molecule has 82 valence electrons. The van der Waals surface area contributed by atoms with Crippen molar-refractivity contribution in [3.8, 4) is 17.0 Å². The quantitative estimate of drug-likeness (QED) is 0.665. The molecule has 0 saturated heterocycles. The zero-order valence-corrected chi connectivity index (χ0v) is 8.77. The Labute approximate surface area is 94.4 Å². The number of aromatic nitrogens is 2. The third-order valence-electron chi connectivity index (χ3n) is 2.07. The van der Waals surface area contributed by atoms with Crippen molar-refractivity contribution in [3.63, 3.8) is 0 Å². The fourth-order valence-electron chi connectivity index (χ4n) is 1.39. The SMILES string of the molecule is O=c1[nH]c(=S)[nH]c(O)c1-c1ccccc1F. The first-order chi connectivity index (χ1) is 7.59. The number of halogens is 1. The molecule has 0 spiro atoms. The van der Waals surface area contributed by atoms with Gasteiger partial charge in [-0.05, 0) is 18.3 Å². The van der Waals surface area contributed by atoms with Crippen LogP contribution < -0.4 is 5.56 Å². The molecular formula is C10H7FN2O2S. The topological polar surface area (TPSA) is 68.9 Å². The highest BCUT2D eigenvalue weighted by Crippen LogP contribution is 2.24. The van der Waals surface area contributed by atoms with Crippen LogP contribution in [0.1, 0.15) is 0 Å². The molecule has 1 aromatic carbocycles. The maximum absolute atomic E-state index is 13.4. The minimum Gasteiger partial charge on any atom is -0.494 e. The molecular weight excluding hydrogens is 231 g/mol. The number of hydrogen-bond acceptors (Lipinski definition) is 3. The van der Waals surface area contributed by atoms with Crippen LogP contribution in [-0.4, -0.2) is 15.1 Å². The second-order valence-corrected chi connectivity index (χ2v) is 3.52. The summed E-state index contributed by atoms with van der Waals surface area (Å²) in [6, 6.07) is 5.67. The average molecular weight is 238 g/mol. The Morgan fingerprint density at radius 2 is 1.94 bits per heavy atom. The number of rotatable bonds is 1. The molecule has 16 heavy (non-hydrogen) atoms. The molecule has 0 amide bonds. The van der Waals surface area contributed by atoms with Gasteiger partial charge in [0.2, 0.25) is 5.88 Å². The van der Waals surface area contributed by atoms with Crippen LogP contribution in [0.4, 0.5) is 4.39 Å². The van der Waals surface area contributed by atoms with Gasteiger partial charge in [-0.1, -0.05) is 18.2 Å². The van der Waals surface area contributed by atoms with Gasteiger partial charge >= 0.3 is 0 Å². The molecule has 4 nitrogen and oxygen atoms in total. The summed E-state index contributed by atoms with van der Waals surface area (Å²) >= 11 is 4.66. The Morgan fingerprint density at radius 3 is 2.56 bits per heavy atom. The normalized spacial score (nSPS) is 10.3. The van der Waals surface area contributed by atoms with E-state index in [1.54, 1.807) is 6.07 Å². The number of aromatic amines is 2. The maximum Gasteiger partial charge on any atom is 0.263 e. The Balaban J connectivity index is 2.80. The zero-order chi connectivity index (χ0) is 11.7. The molecule has 3 N–H and O–H groups in total. The van der Waals surface area contributed by atoms with Gasteiger partial charge in [-0.2, -0.15) is 0 Å². The van der Waals surface area contributed by atoms with Gasteiger partial charge in [0.25, 0.3) is 5.56 Å². The highest BCUT2D eigenvalue weighted by Gasteiger charge is 2.13. The highest BCUT2D eigenvalue weighted by atomic mass is 32.1. The molecule has 0 radical (unpaired) electrons. The first-order valence-electron chi connectivity index (χ1n) is 4.40. The zero-order valence-electron chi connectivity index (χ0n) is 7.95. The van der Waals surface area contributed by atoms with Crippen LogP contribution >= 0.6 is 12.2 Å². The molecule has 1 aromatic heterocycles. The minimum atomic E-state index is -0.633. The molecule has 1 heterocycles. The first kappa shape index (κ1) is 10.6. The fraction of sp³-hybridized carbons (Fsp3) is 0. The lowest BCUT2D eigenvalue weighted by atomic mass is 10.1. The van der Waals surface area contributed by atoms with Crippen molar-refractivity contribution in [2.45, 2.75) is 0 Å². The molecule has 2 rings (SSSR count). The van der Waals surface area contributed by atoms with Gasteiger partial charge < -0.3 is 10.1 Å². The van der Waals surface area contributed by atoms with Crippen LogP contribution in [-0.2, 0) is 0 Å². The van der Waals surface area contributed by atoms with E-state index in [1.807, 2.05) is 0 Å². The van der Waals surface area contributed by atoms with E-state index in [2.05, 4.69) is 22.2 Å². The second kappa shape index (κ2) is 3.90. The molecule has 6 heteroatoms. The van der Waals surface area contributed by atoms with Gasteiger partial charge in [-0.3, -0.25) is 9.78 Å². The van der Waals surface area contributed by atoms with Crippen LogP contribution in [0.3, 0.4) is 0 Å². The van der Waals surface area contributed by atoms with Crippen molar-refractivity contribution in [2.75, 3.05) is 0 Å². The average Bonchev–Trinajstić information content (AvgIpc) is 2.19. The molecule has 0 aliphatic heterocycles. The summed E-state index contributed by atoms with van der Waals surface area (Å²) in [4.78, 5) is 16.2. The van der Waals surface area contributed by atoms with E-state index < -0.39 is 17.3 Å². The molecule has 0 aliphatic rings. The number of nitrogens with one attached hydrogen (secondary N) is 2. The second-order valence-electron chi connectivity index (χ2n) is 3.11. The van der Waals surface area contributed by atoms with Crippen LogP contribution in [0.5, 0.6) is 5.88 Å². The van der Waals surface area contributed by atoms with Gasteiger partial charge in [0, 0.05) is 5.56 Å². The maximum atomic E-state index is 13.4. The lowest BCUT2D eigenvalue weighted by Gasteiger charge is -2.04. The molecule has 0 fully saturated rings. The number of H-pyrrole nitrogens is 2. The minimum absolute atomic E-state index is 0.0115. The Bertz CT molecular complexity index is 648. The van der Waals surface area contributed by atoms with Crippen molar-refractivity contribution in [2.24, 2.45) is 0 Å². The molecule has 0 saturated carbocycles. The van der Waals surface area contributed by atoms with Crippen molar-refractivity contribution in [1.82, 2.24) is 9.97 Å². The monoisotopic (exact) mass is 238 g/mol. The third kappa shape index (κ3) is 1.74. The molecule has 0 unspecified atom stereocenters. The summed E-state index contributed by atoms with van der Waals surface area (Å²) in [5.41, 5.74) is -0.773. The van der Waals surface area contributed by atoms with Crippen molar-refractivity contribution < 1.29 is 9.50 Å². The third-order valence-corrected chi connectivity index (χ3v) is 2.27. The van der Waals surface area contributed by atoms with Crippen molar-refractivity contribution in [1.29, 1.82) is 0 Å². The van der Waals surface area contributed by atoms with Gasteiger partial charge in [-0.15, -0.1) is 0 Å². The van der Waals surface area contributed by atoms with E-state index in [-0.39, 0.29) is 15.9 Å². The Hall–Kier alpha value is -1.95. The van der Waals surface area contributed by atoms with E-state index in [4.69, 9.17) is 0 Å². The number of benzene rings is 1. The van der Waals surface area contributed by atoms with Crippen molar-refractivity contribution >= 4 is 12.2 Å². The van der Waals surface area contributed by atoms with E-state index in [0.29, 0.717) is 0 Å². The highest BCUT2D eigenvalue weighted by molar-refractivity contribution is 7.71. The lowest BCUT2D eigenvalue weighted by molar-refractivity contribution is 0.452. The fourth-order valence-corrected chi connectivity index (χ4v) is 1.58. The Morgan fingerprint density at radius 1 is 1.25 bits per heavy atom. The summed E-state index contributed by atoms with van der Waals surface area (Å²) in [6.07, 6.45) is 0. The van der Waals surface area contributed by atoms with E-state index in [1.165, 1.54) is 18.2 Å². The summed E-state index contributed by atoms with van der Waals surface area (Å²) in [7, 11) is 0.